The molecule has 2 aliphatic heterocycles. The number of phenolic OH excluding ortho intramolecular Hbond substituents is 1. The van der Waals surface area contributed by atoms with Crippen molar-refractivity contribution in [1.82, 2.24) is 4.57 Å². The van der Waals surface area contributed by atoms with Crippen molar-refractivity contribution in [3.05, 3.63) is 103 Å². The maximum atomic E-state index is 14.1. The fourth-order valence-electron chi connectivity index (χ4n) is 5.39. The summed E-state index contributed by atoms with van der Waals surface area (Å²) < 4.78 is 7.21. The van der Waals surface area contributed by atoms with Gasteiger partial charge >= 0.3 is 10.8 Å². The lowest BCUT2D eigenvalue weighted by atomic mass is 9.83. The fourth-order valence-corrected chi connectivity index (χ4v) is 8.43. The number of fused-ring (bicyclic) bond motifs is 2. The quantitative estimate of drug-likeness (QED) is 0.157. The lowest BCUT2D eigenvalue weighted by molar-refractivity contribution is -0.122. The van der Waals surface area contributed by atoms with Crippen LogP contribution < -0.4 is 15.1 Å². The topological polar surface area (TPSA) is 135 Å². The zero-order valence-corrected chi connectivity index (χ0v) is 26.3. The van der Waals surface area contributed by atoms with Crippen LogP contribution in [0.25, 0.3) is 0 Å². The molecule has 2 N–H and O–H groups in total. The van der Waals surface area contributed by atoms with E-state index in [2.05, 4.69) is 21.2 Å². The van der Waals surface area contributed by atoms with E-state index in [0.29, 0.717) is 26.8 Å². The lowest BCUT2D eigenvalue weighted by Gasteiger charge is -2.30. The zero-order valence-electron chi connectivity index (χ0n) is 23.1. The van der Waals surface area contributed by atoms with Crippen molar-refractivity contribution in [3.63, 3.8) is 0 Å². The van der Waals surface area contributed by atoms with E-state index in [1.807, 2.05) is 24.3 Å². The highest BCUT2D eigenvalue weighted by molar-refractivity contribution is 9.10. The number of imide groups is 1. The number of thioether (sulfide) groups is 1. The number of esters is 1. The Morgan fingerprint density at radius 3 is 2.30 bits per heavy atom. The molecule has 2 aliphatic rings. The second-order valence-electron chi connectivity index (χ2n) is 10.1. The molecular formula is C31H24BrN3O7S2. The highest BCUT2D eigenvalue weighted by atomic mass is 79.9. The molecule has 10 nitrogen and oxygen atoms in total. The SMILES string of the molecule is CCOC(=O)c1ccc(N2C(=O)[C@H]3[C@H](c4ccc(Br)cc4)c4sc(=O)n(CC(=O)Nc5ccc(O)cc5)c4S[C@H]3C2=O)cc1. The molecule has 3 aromatic carbocycles. The monoisotopic (exact) mass is 693 g/mol. The first-order valence-corrected chi connectivity index (χ1v) is 16.0. The number of hydrogen-bond acceptors (Lipinski definition) is 9. The van der Waals surface area contributed by atoms with Crippen LogP contribution in [0.5, 0.6) is 5.75 Å². The van der Waals surface area contributed by atoms with E-state index in [4.69, 9.17) is 4.74 Å². The summed E-state index contributed by atoms with van der Waals surface area (Å²) in [5.74, 6) is -3.18. The second-order valence-corrected chi connectivity index (χ2v) is 13.1. The first-order chi connectivity index (χ1) is 21.2. The Kier molecular flexibility index (Phi) is 8.18. The van der Waals surface area contributed by atoms with Crippen molar-refractivity contribution in [2.45, 2.75) is 29.7 Å². The van der Waals surface area contributed by atoms with Crippen molar-refractivity contribution in [3.8, 4) is 5.75 Å². The van der Waals surface area contributed by atoms with Crippen LogP contribution in [0.4, 0.5) is 11.4 Å². The molecule has 0 bridgehead atoms. The van der Waals surface area contributed by atoms with Gasteiger partial charge in [0, 0.05) is 21.0 Å². The summed E-state index contributed by atoms with van der Waals surface area (Å²) in [6.45, 7) is 1.62. The maximum absolute atomic E-state index is 14.1. The van der Waals surface area contributed by atoms with E-state index in [9.17, 15) is 29.1 Å². The van der Waals surface area contributed by atoms with Gasteiger partial charge in [-0.2, -0.15) is 0 Å². The number of aromatic hydroxyl groups is 1. The number of aromatic nitrogens is 1. The number of benzene rings is 3. The standard InChI is InChI=1S/C31H24BrN3O7S2/c1-2-42-30(40)17-5-11-20(12-6-17)35-27(38)24-23(16-3-7-18(32)8-4-16)26-29(43-25(24)28(35)39)34(31(41)44-26)15-22(37)33-19-9-13-21(36)14-10-19/h3-14,23-25,36H,2,15H2,1H3,(H,33,37)/t23-,24-,25+/m0/s1. The second kappa shape index (κ2) is 12.1. The van der Waals surface area contributed by atoms with Gasteiger partial charge in [0.25, 0.3) is 0 Å². The molecule has 224 valence electrons. The molecule has 0 unspecified atom stereocenters. The van der Waals surface area contributed by atoms with E-state index in [-0.39, 0.29) is 23.8 Å². The Morgan fingerprint density at radius 2 is 1.64 bits per heavy atom. The smallest absolute Gasteiger partial charge is 0.338 e. The number of carbonyl (C=O) groups is 4. The molecule has 3 atom stereocenters. The summed E-state index contributed by atoms with van der Waals surface area (Å²) in [5, 5.41) is 11.9. The predicted molar refractivity (Wildman–Crippen MR) is 169 cm³/mol. The van der Waals surface area contributed by atoms with E-state index in [1.165, 1.54) is 41.0 Å². The normalized spacial score (nSPS) is 19.0. The number of anilines is 2. The summed E-state index contributed by atoms with van der Waals surface area (Å²) in [7, 11) is 0. The van der Waals surface area contributed by atoms with Crippen molar-refractivity contribution < 1.29 is 29.0 Å². The maximum Gasteiger partial charge on any atom is 0.338 e. The average Bonchev–Trinajstić information content (AvgIpc) is 3.45. The molecular weight excluding hydrogens is 670 g/mol. The minimum absolute atomic E-state index is 0.0517. The van der Waals surface area contributed by atoms with Gasteiger partial charge in [0.2, 0.25) is 17.7 Å². The van der Waals surface area contributed by atoms with E-state index < -0.39 is 40.8 Å². The first kappa shape index (κ1) is 29.9. The molecule has 44 heavy (non-hydrogen) atoms. The number of ether oxygens (including phenoxy) is 1. The van der Waals surface area contributed by atoms with Gasteiger partial charge in [0.1, 0.15) is 17.5 Å². The summed E-state index contributed by atoms with van der Waals surface area (Å²) in [6.07, 6.45) is 0. The van der Waals surface area contributed by atoms with E-state index in [0.717, 1.165) is 38.0 Å². The van der Waals surface area contributed by atoms with E-state index in [1.54, 1.807) is 19.1 Å². The summed E-state index contributed by atoms with van der Waals surface area (Å²) in [6, 6.07) is 19.4. The lowest BCUT2D eigenvalue weighted by Crippen LogP contribution is -2.33. The fraction of sp³-hybridized carbons (Fsp3) is 0.194. The summed E-state index contributed by atoms with van der Waals surface area (Å²) in [5.41, 5.74) is 1.83. The summed E-state index contributed by atoms with van der Waals surface area (Å²) in [4.78, 5) is 67.8. The van der Waals surface area contributed by atoms with Gasteiger partial charge in [-0.25, -0.2) is 9.69 Å². The molecule has 3 heterocycles. The van der Waals surface area contributed by atoms with Gasteiger partial charge in [-0.3, -0.25) is 23.7 Å². The van der Waals surface area contributed by atoms with Gasteiger partial charge in [0.15, 0.2) is 0 Å². The highest BCUT2D eigenvalue weighted by Crippen LogP contribution is 2.54. The third kappa shape index (κ3) is 5.46. The van der Waals surface area contributed by atoms with Crippen LogP contribution in [-0.4, -0.2) is 45.2 Å². The van der Waals surface area contributed by atoms with Crippen LogP contribution in [0.2, 0.25) is 0 Å². The van der Waals surface area contributed by atoms with Gasteiger partial charge < -0.3 is 15.2 Å². The molecule has 1 aromatic heterocycles. The van der Waals surface area contributed by atoms with Gasteiger partial charge in [-0.15, -0.1) is 0 Å². The highest BCUT2D eigenvalue weighted by Gasteiger charge is 2.56. The average molecular weight is 695 g/mol. The van der Waals surface area contributed by atoms with Crippen LogP contribution in [-0.2, 0) is 25.7 Å². The van der Waals surface area contributed by atoms with Crippen LogP contribution in [0.15, 0.2) is 87.1 Å². The minimum atomic E-state index is -0.853. The van der Waals surface area contributed by atoms with Crippen molar-refractivity contribution >= 4 is 74.1 Å². The Morgan fingerprint density at radius 1 is 0.955 bits per heavy atom. The molecule has 1 fully saturated rings. The molecule has 3 amide bonds. The van der Waals surface area contributed by atoms with Crippen molar-refractivity contribution in [2.24, 2.45) is 5.92 Å². The molecule has 1 saturated heterocycles. The third-order valence-corrected chi connectivity index (χ3v) is 10.5. The molecule has 6 rings (SSSR count). The number of rotatable bonds is 7. The van der Waals surface area contributed by atoms with E-state index >= 15 is 0 Å². The number of nitrogens with zero attached hydrogens (tertiary/aromatic N) is 2. The Hall–Kier alpha value is -4.20. The Bertz CT molecular complexity index is 1840. The van der Waals surface area contributed by atoms with Gasteiger partial charge in [-0.1, -0.05) is 51.2 Å². The van der Waals surface area contributed by atoms with Crippen molar-refractivity contribution in [2.75, 3.05) is 16.8 Å². The number of amides is 3. The largest absolute Gasteiger partial charge is 0.508 e. The van der Waals surface area contributed by atoms with Crippen LogP contribution in [0, 0.1) is 5.92 Å². The first-order valence-electron chi connectivity index (χ1n) is 13.6. The molecule has 0 radical (unpaired) electrons. The number of phenols is 1. The summed E-state index contributed by atoms with van der Waals surface area (Å²) >= 11 is 5.52. The number of thiazole rings is 1. The number of nitrogens with one attached hydrogen (secondary N) is 1. The zero-order chi connectivity index (χ0) is 31.1. The third-order valence-electron chi connectivity index (χ3n) is 7.37. The molecule has 4 aromatic rings. The number of halogens is 1. The van der Waals surface area contributed by atoms with Crippen LogP contribution >= 0.6 is 39.0 Å². The number of hydrogen-bond donors (Lipinski definition) is 2. The molecule has 0 saturated carbocycles. The van der Waals surface area contributed by atoms with Crippen LogP contribution in [0.1, 0.15) is 33.6 Å². The number of carbonyl (C=O) groups excluding carboxylic acids is 4. The molecule has 13 heteroatoms. The minimum Gasteiger partial charge on any atom is -0.508 e. The predicted octanol–water partition coefficient (Wildman–Crippen LogP) is 4.99. The van der Waals surface area contributed by atoms with Crippen molar-refractivity contribution in [1.29, 1.82) is 0 Å². The molecule has 0 aliphatic carbocycles. The molecule has 0 spiro atoms. The Labute approximate surface area is 267 Å². The van der Waals surface area contributed by atoms with Crippen LogP contribution in [0.3, 0.4) is 0 Å². The Balaban J connectivity index is 1.36. The van der Waals surface area contributed by atoms with Gasteiger partial charge in [-0.05, 0) is 73.2 Å². The van der Waals surface area contributed by atoms with Gasteiger partial charge in [0.05, 0.1) is 28.8 Å².